The van der Waals surface area contributed by atoms with Gasteiger partial charge in [0.05, 0.1) is 6.10 Å². The van der Waals surface area contributed by atoms with Crippen LogP contribution in [0.1, 0.15) is 57.8 Å². The van der Waals surface area contributed by atoms with Crippen molar-refractivity contribution in [2.24, 2.45) is 16.5 Å². The topological polar surface area (TPSA) is 152 Å². The van der Waals surface area contributed by atoms with Crippen molar-refractivity contribution < 1.29 is 19.1 Å². The Morgan fingerprint density at radius 1 is 1.17 bits per heavy atom. The van der Waals surface area contributed by atoms with E-state index in [0.717, 1.165) is 38.5 Å². The number of nitrogens with one attached hydrogen (secondary N) is 2. The van der Waals surface area contributed by atoms with E-state index in [4.69, 9.17) is 16.2 Å². The number of hydrogen-bond donors (Lipinski definition) is 4. The molecule has 3 rings (SSSR count). The molecule has 0 spiro atoms. The van der Waals surface area contributed by atoms with Crippen LogP contribution >= 0.6 is 0 Å². The summed E-state index contributed by atoms with van der Waals surface area (Å²) >= 11 is 0. The number of carbonyl (C=O) groups excluding carboxylic acids is 3. The van der Waals surface area contributed by atoms with Crippen molar-refractivity contribution in [2.45, 2.75) is 82.0 Å². The van der Waals surface area contributed by atoms with Crippen LogP contribution < -0.4 is 22.1 Å². The molecule has 1 aliphatic carbocycles. The van der Waals surface area contributed by atoms with Crippen molar-refractivity contribution >= 4 is 23.7 Å². The first-order valence-electron chi connectivity index (χ1n) is 11.0. The summed E-state index contributed by atoms with van der Waals surface area (Å²) in [5.74, 6) is -1.09. The molecule has 0 aromatic rings. The first-order chi connectivity index (χ1) is 14.5. The lowest BCUT2D eigenvalue weighted by Gasteiger charge is -2.39. The van der Waals surface area contributed by atoms with E-state index in [2.05, 4.69) is 15.6 Å². The second-order valence-electron chi connectivity index (χ2n) is 8.38. The highest BCUT2D eigenvalue weighted by atomic mass is 16.5. The molecule has 0 bridgehead atoms. The number of nitrogens with zero attached hydrogens (tertiary/aromatic N) is 2. The van der Waals surface area contributed by atoms with Crippen LogP contribution in [0.2, 0.25) is 0 Å². The number of amides is 3. The molecule has 3 unspecified atom stereocenters. The van der Waals surface area contributed by atoms with Crippen LogP contribution in [0.15, 0.2) is 4.99 Å². The third-order valence-corrected chi connectivity index (χ3v) is 6.03. The van der Waals surface area contributed by atoms with Crippen LogP contribution in [0.25, 0.3) is 0 Å². The molecule has 6 N–H and O–H groups in total. The zero-order valence-electron chi connectivity index (χ0n) is 17.5. The molecule has 3 amide bonds. The molecule has 0 aromatic heterocycles. The molecule has 0 aromatic carbocycles. The Bertz CT molecular complexity index is 654. The second kappa shape index (κ2) is 10.6. The lowest BCUT2D eigenvalue weighted by molar-refractivity contribution is -0.156. The summed E-state index contributed by atoms with van der Waals surface area (Å²) in [5, 5.41) is 5.73. The van der Waals surface area contributed by atoms with Gasteiger partial charge in [0.25, 0.3) is 11.8 Å². The Morgan fingerprint density at radius 2 is 1.93 bits per heavy atom. The first-order valence-corrected chi connectivity index (χ1v) is 11.0. The normalized spacial score (nSPS) is 27.6. The van der Waals surface area contributed by atoms with Crippen molar-refractivity contribution in [3.05, 3.63) is 0 Å². The van der Waals surface area contributed by atoms with Crippen LogP contribution in [0.3, 0.4) is 0 Å². The van der Waals surface area contributed by atoms with Crippen LogP contribution in [0.4, 0.5) is 0 Å². The zero-order valence-corrected chi connectivity index (χ0v) is 17.5. The third-order valence-electron chi connectivity index (χ3n) is 6.03. The van der Waals surface area contributed by atoms with Gasteiger partial charge in [-0.1, -0.05) is 19.3 Å². The highest BCUT2D eigenvalue weighted by Gasteiger charge is 2.45. The van der Waals surface area contributed by atoms with Gasteiger partial charge >= 0.3 is 0 Å². The number of guanidine groups is 1. The molecular weight excluding hydrogens is 388 g/mol. The third kappa shape index (κ3) is 5.84. The Balaban J connectivity index is 1.68. The molecule has 3 fully saturated rings. The van der Waals surface area contributed by atoms with Gasteiger partial charge in [-0.15, -0.1) is 0 Å². The number of nitrogens with two attached hydrogens (primary N) is 2. The predicted octanol–water partition coefficient (Wildman–Crippen LogP) is -0.636. The smallest absolute Gasteiger partial charge is 0.253 e. The van der Waals surface area contributed by atoms with Gasteiger partial charge < -0.3 is 31.7 Å². The summed E-state index contributed by atoms with van der Waals surface area (Å²) in [6.07, 6.45) is 7.66. The van der Waals surface area contributed by atoms with Crippen LogP contribution in [-0.2, 0) is 19.1 Å². The van der Waals surface area contributed by atoms with Crippen molar-refractivity contribution in [1.82, 2.24) is 15.5 Å². The fourth-order valence-electron chi connectivity index (χ4n) is 4.47. The first kappa shape index (κ1) is 22.3. The summed E-state index contributed by atoms with van der Waals surface area (Å²) in [6.45, 7) is 1.26. The molecule has 2 saturated heterocycles. The number of aliphatic imine (C=N–C) groups is 1. The van der Waals surface area contributed by atoms with Crippen molar-refractivity contribution in [3.8, 4) is 0 Å². The minimum absolute atomic E-state index is 0.00605. The summed E-state index contributed by atoms with van der Waals surface area (Å²) < 4.78 is 5.67. The van der Waals surface area contributed by atoms with E-state index in [1.54, 1.807) is 0 Å². The Labute approximate surface area is 177 Å². The van der Waals surface area contributed by atoms with E-state index < -0.39 is 23.9 Å². The van der Waals surface area contributed by atoms with Gasteiger partial charge in [0.15, 0.2) is 12.0 Å². The maximum atomic E-state index is 13.2. The Kier molecular flexibility index (Phi) is 7.89. The second-order valence-corrected chi connectivity index (χ2v) is 8.38. The number of ether oxygens (including phenoxy) is 1. The number of piperazine rings is 1. The van der Waals surface area contributed by atoms with Crippen molar-refractivity contribution in [1.29, 1.82) is 0 Å². The van der Waals surface area contributed by atoms with Crippen LogP contribution in [0.5, 0.6) is 0 Å². The van der Waals surface area contributed by atoms with E-state index >= 15 is 0 Å². The average molecular weight is 423 g/mol. The van der Waals surface area contributed by atoms with Crippen molar-refractivity contribution in [3.63, 3.8) is 0 Å². The SMILES string of the molecule is NC(N)=NCCCC1NC(=O)C(C(=O)NC2CCCCC2)N(CC2CCCO2)C1=O. The summed E-state index contributed by atoms with van der Waals surface area (Å²) in [4.78, 5) is 44.4. The van der Waals surface area contributed by atoms with Gasteiger partial charge in [-0.05, 0) is 38.5 Å². The minimum Gasteiger partial charge on any atom is -0.376 e. The van der Waals surface area contributed by atoms with E-state index in [-0.39, 0.29) is 30.6 Å². The molecule has 168 valence electrons. The molecule has 10 nitrogen and oxygen atoms in total. The highest BCUT2D eigenvalue weighted by Crippen LogP contribution is 2.21. The molecule has 1 saturated carbocycles. The number of rotatable bonds is 8. The predicted molar refractivity (Wildman–Crippen MR) is 111 cm³/mol. The van der Waals surface area contributed by atoms with Crippen LogP contribution in [-0.4, -0.2) is 72.5 Å². The quantitative estimate of drug-likeness (QED) is 0.177. The maximum Gasteiger partial charge on any atom is 0.253 e. The van der Waals surface area contributed by atoms with Gasteiger partial charge in [-0.25, -0.2) is 0 Å². The molecule has 30 heavy (non-hydrogen) atoms. The summed E-state index contributed by atoms with van der Waals surface area (Å²) in [6, 6.07) is -1.78. The van der Waals surface area contributed by atoms with E-state index in [1.807, 2.05) is 0 Å². The molecule has 10 heteroatoms. The molecule has 3 atom stereocenters. The summed E-state index contributed by atoms with van der Waals surface area (Å²) in [7, 11) is 0. The van der Waals surface area contributed by atoms with E-state index in [9.17, 15) is 14.4 Å². The monoisotopic (exact) mass is 422 g/mol. The average Bonchev–Trinajstić information content (AvgIpc) is 3.22. The van der Waals surface area contributed by atoms with Crippen molar-refractivity contribution in [2.75, 3.05) is 19.7 Å². The molecular formula is C20H34N6O4. The zero-order chi connectivity index (χ0) is 21.5. The van der Waals surface area contributed by atoms with E-state index in [0.29, 0.717) is 26.0 Å². The Morgan fingerprint density at radius 3 is 2.60 bits per heavy atom. The highest BCUT2D eigenvalue weighted by molar-refractivity contribution is 6.10. The Hall–Kier alpha value is -2.36. The van der Waals surface area contributed by atoms with Gasteiger partial charge in [0, 0.05) is 25.7 Å². The standard InChI is InChI=1S/C20H34N6O4/c21-20(22)23-10-4-9-15-19(29)26(12-14-8-5-11-30-14)16(18(28)25-15)17(27)24-13-6-2-1-3-7-13/h13-16H,1-12H2,(H,24,27)(H,25,28)(H4,21,22,23). The number of carbonyl (C=O) groups is 3. The molecule has 3 aliphatic rings. The maximum absolute atomic E-state index is 13.2. The fourth-order valence-corrected chi connectivity index (χ4v) is 4.47. The van der Waals surface area contributed by atoms with Gasteiger partial charge in [-0.3, -0.25) is 19.4 Å². The lowest BCUT2D eigenvalue weighted by Crippen LogP contribution is -2.68. The fraction of sp³-hybridized carbons (Fsp3) is 0.800. The van der Waals surface area contributed by atoms with Gasteiger partial charge in [0.2, 0.25) is 5.91 Å². The number of hydrogen-bond acceptors (Lipinski definition) is 5. The van der Waals surface area contributed by atoms with Crippen LogP contribution in [0, 0.1) is 0 Å². The van der Waals surface area contributed by atoms with Gasteiger partial charge in [-0.2, -0.15) is 0 Å². The minimum atomic E-state index is -1.16. The molecule has 2 aliphatic heterocycles. The summed E-state index contributed by atoms with van der Waals surface area (Å²) in [5.41, 5.74) is 10.7. The lowest BCUT2D eigenvalue weighted by atomic mass is 9.94. The van der Waals surface area contributed by atoms with Gasteiger partial charge in [0.1, 0.15) is 6.04 Å². The largest absolute Gasteiger partial charge is 0.376 e. The van der Waals surface area contributed by atoms with E-state index in [1.165, 1.54) is 11.3 Å². The molecule has 0 radical (unpaired) electrons. The molecule has 2 heterocycles.